The van der Waals surface area contributed by atoms with E-state index < -0.39 is 0 Å². The Bertz CT molecular complexity index is 160. The second-order valence-corrected chi connectivity index (χ2v) is 5.41. The normalized spacial score (nSPS) is 25.3. The van der Waals surface area contributed by atoms with E-state index in [9.17, 15) is 0 Å². The number of hydrogen-bond acceptors (Lipinski definition) is 2. The largest absolute Gasteiger partial charge is 0.320 e. The Morgan fingerprint density at radius 2 is 2.00 bits per heavy atom. The number of piperidine rings is 1. The Morgan fingerprint density at radius 1 is 1.29 bits per heavy atom. The summed E-state index contributed by atoms with van der Waals surface area (Å²) in [7, 11) is 2.05. The van der Waals surface area contributed by atoms with Crippen molar-refractivity contribution in [3.63, 3.8) is 0 Å². The molecular weight excluding hydrogens is 172 g/mol. The minimum Gasteiger partial charge on any atom is -0.320 e. The van der Waals surface area contributed by atoms with Gasteiger partial charge in [-0.15, -0.1) is 0 Å². The van der Waals surface area contributed by atoms with Crippen LogP contribution in [0, 0.1) is 0 Å². The first kappa shape index (κ1) is 12.0. The molecule has 1 aliphatic heterocycles. The summed E-state index contributed by atoms with van der Waals surface area (Å²) in [6.07, 6.45) is 5.49. The number of hydrogen-bond donors (Lipinski definition) is 1. The summed E-state index contributed by atoms with van der Waals surface area (Å²) in [4.78, 5) is 2.69. The molecule has 0 bridgehead atoms. The van der Waals surface area contributed by atoms with Gasteiger partial charge in [-0.25, -0.2) is 0 Å². The van der Waals surface area contributed by atoms with E-state index in [1.165, 1.54) is 32.2 Å². The van der Waals surface area contributed by atoms with Crippen LogP contribution in [-0.4, -0.2) is 36.6 Å². The van der Waals surface area contributed by atoms with Gasteiger partial charge in [0, 0.05) is 11.6 Å². The molecule has 0 aliphatic carbocycles. The predicted molar refractivity (Wildman–Crippen MR) is 62.6 cm³/mol. The van der Waals surface area contributed by atoms with E-state index in [0.29, 0.717) is 5.54 Å². The van der Waals surface area contributed by atoms with E-state index in [1.807, 2.05) is 7.05 Å². The maximum atomic E-state index is 3.26. The lowest BCUT2D eigenvalue weighted by molar-refractivity contribution is 0.0475. The molecule has 1 aliphatic rings. The Labute approximate surface area is 89.1 Å². The molecule has 0 aromatic carbocycles. The smallest absolute Gasteiger partial charge is 0.0127 e. The topological polar surface area (TPSA) is 15.3 Å². The van der Waals surface area contributed by atoms with Crippen LogP contribution in [0.3, 0.4) is 0 Å². The highest BCUT2D eigenvalue weighted by Crippen LogP contribution is 2.26. The fraction of sp³-hybridized carbons (Fsp3) is 1.00. The Morgan fingerprint density at radius 3 is 2.57 bits per heavy atom. The van der Waals surface area contributed by atoms with Crippen molar-refractivity contribution in [3.8, 4) is 0 Å². The third-order valence-corrected chi connectivity index (χ3v) is 3.22. The molecule has 2 nitrogen and oxygen atoms in total. The molecular formula is C12H26N2. The van der Waals surface area contributed by atoms with Crippen LogP contribution in [0.4, 0.5) is 0 Å². The summed E-state index contributed by atoms with van der Waals surface area (Å²) in [6, 6.07) is 0.802. The van der Waals surface area contributed by atoms with E-state index in [4.69, 9.17) is 0 Å². The minimum absolute atomic E-state index is 0.346. The number of likely N-dealkylation sites (tertiary alicyclic amines) is 1. The van der Waals surface area contributed by atoms with Gasteiger partial charge in [-0.2, -0.15) is 0 Å². The van der Waals surface area contributed by atoms with E-state index in [0.717, 1.165) is 12.6 Å². The maximum absolute atomic E-state index is 3.26. The first-order chi connectivity index (χ1) is 6.55. The lowest BCUT2D eigenvalue weighted by Gasteiger charge is -2.44. The summed E-state index contributed by atoms with van der Waals surface area (Å²) >= 11 is 0. The maximum Gasteiger partial charge on any atom is 0.0127 e. The second-order valence-electron chi connectivity index (χ2n) is 5.41. The second kappa shape index (κ2) is 5.13. The van der Waals surface area contributed by atoms with E-state index in [2.05, 4.69) is 31.0 Å². The van der Waals surface area contributed by atoms with Crippen LogP contribution < -0.4 is 5.32 Å². The summed E-state index contributed by atoms with van der Waals surface area (Å²) in [6.45, 7) is 9.45. The third kappa shape index (κ3) is 3.25. The molecule has 1 fully saturated rings. The van der Waals surface area contributed by atoms with Crippen LogP contribution in [-0.2, 0) is 0 Å². The highest BCUT2D eigenvalue weighted by molar-refractivity contribution is 4.86. The summed E-state index contributed by atoms with van der Waals surface area (Å²) in [5.74, 6) is 0. The molecule has 0 amide bonds. The average Bonchev–Trinajstić information content (AvgIpc) is 2.14. The van der Waals surface area contributed by atoms with Crippen LogP contribution in [0.15, 0.2) is 0 Å². The van der Waals surface area contributed by atoms with Crippen molar-refractivity contribution in [2.45, 2.75) is 58.0 Å². The van der Waals surface area contributed by atoms with Crippen molar-refractivity contribution < 1.29 is 0 Å². The van der Waals surface area contributed by atoms with Gasteiger partial charge in [-0.1, -0.05) is 6.42 Å². The SMILES string of the molecule is CNCCC1CCCCN1C(C)(C)C. The summed E-state index contributed by atoms with van der Waals surface area (Å²) in [5.41, 5.74) is 0.346. The molecule has 0 saturated carbocycles. The Hall–Kier alpha value is -0.0800. The van der Waals surface area contributed by atoms with Gasteiger partial charge < -0.3 is 5.32 Å². The van der Waals surface area contributed by atoms with Crippen molar-refractivity contribution in [2.24, 2.45) is 0 Å². The van der Waals surface area contributed by atoms with Crippen LogP contribution in [0.25, 0.3) is 0 Å². The average molecular weight is 198 g/mol. The van der Waals surface area contributed by atoms with Gasteiger partial charge in [0.2, 0.25) is 0 Å². The molecule has 0 spiro atoms. The number of nitrogens with one attached hydrogen (secondary N) is 1. The van der Waals surface area contributed by atoms with E-state index in [1.54, 1.807) is 0 Å². The molecule has 1 rings (SSSR count). The standard InChI is InChI=1S/C12H26N2/c1-12(2,3)14-10-6-5-7-11(14)8-9-13-4/h11,13H,5-10H2,1-4H3. The number of rotatable bonds is 3. The van der Waals surface area contributed by atoms with Crippen molar-refractivity contribution in [1.29, 1.82) is 0 Å². The first-order valence-electron chi connectivity index (χ1n) is 5.97. The van der Waals surface area contributed by atoms with Gasteiger partial charge >= 0.3 is 0 Å². The molecule has 84 valence electrons. The summed E-state index contributed by atoms with van der Waals surface area (Å²) < 4.78 is 0. The van der Waals surface area contributed by atoms with Gasteiger partial charge in [0.1, 0.15) is 0 Å². The van der Waals surface area contributed by atoms with Gasteiger partial charge in [-0.3, -0.25) is 4.90 Å². The molecule has 1 atom stereocenters. The van der Waals surface area contributed by atoms with Crippen LogP contribution in [0.2, 0.25) is 0 Å². The molecule has 2 heteroatoms. The van der Waals surface area contributed by atoms with Crippen molar-refractivity contribution in [2.75, 3.05) is 20.1 Å². The van der Waals surface area contributed by atoms with Gasteiger partial charge in [-0.05, 0) is 60.2 Å². The zero-order chi connectivity index (χ0) is 10.6. The van der Waals surface area contributed by atoms with Gasteiger partial charge in [0.15, 0.2) is 0 Å². The quantitative estimate of drug-likeness (QED) is 0.748. The highest BCUT2D eigenvalue weighted by Gasteiger charge is 2.30. The fourth-order valence-corrected chi connectivity index (χ4v) is 2.49. The molecule has 0 aromatic heterocycles. The zero-order valence-corrected chi connectivity index (χ0v) is 10.3. The molecule has 0 aromatic rings. The monoisotopic (exact) mass is 198 g/mol. The zero-order valence-electron chi connectivity index (χ0n) is 10.3. The number of nitrogens with zero attached hydrogens (tertiary/aromatic N) is 1. The van der Waals surface area contributed by atoms with Crippen LogP contribution in [0.1, 0.15) is 46.5 Å². The fourth-order valence-electron chi connectivity index (χ4n) is 2.49. The first-order valence-corrected chi connectivity index (χ1v) is 5.97. The molecule has 1 unspecified atom stereocenters. The minimum atomic E-state index is 0.346. The van der Waals surface area contributed by atoms with Crippen molar-refractivity contribution >= 4 is 0 Å². The summed E-state index contributed by atoms with van der Waals surface area (Å²) in [5, 5.41) is 3.26. The van der Waals surface area contributed by atoms with Crippen LogP contribution >= 0.6 is 0 Å². The van der Waals surface area contributed by atoms with Crippen molar-refractivity contribution in [3.05, 3.63) is 0 Å². The Kier molecular flexibility index (Phi) is 4.39. The van der Waals surface area contributed by atoms with Crippen molar-refractivity contribution in [1.82, 2.24) is 10.2 Å². The molecule has 1 N–H and O–H groups in total. The molecule has 1 heterocycles. The lowest BCUT2D eigenvalue weighted by Crippen LogP contribution is -2.51. The lowest BCUT2D eigenvalue weighted by atomic mass is 9.93. The Balaban J connectivity index is 2.50. The predicted octanol–water partition coefficient (Wildman–Crippen LogP) is 2.25. The highest BCUT2D eigenvalue weighted by atomic mass is 15.2. The molecule has 1 saturated heterocycles. The van der Waals surface area contributed by atoms with E-state index in [-0.39, 0.29) is 0 Å². The molecule has 0 radical (unpaired) electrons. The van der Waals surface area contributed by atoms with Gasteiger partial charge in [0.05, 0.1) is 0 Å². The van der Waals surface area contributed by atoms with E-state index >= 15 is 0 Å². The van der Waals surface area contributed by atoms with Gasteiger partial charge in [0.25, 0.3) is 0 Å². The van der Waals surface area contributed by atoms with Crippen LogP contribution in [0.5, 0.6) is 0 Å². The molecule has 14 heavy (non-hydrogen) atoms. The third-order valence-electron chi connectivity index (χ3n) is 3.22.